The Kier molecular flexibility index (Phi) is 9.10. The van der Waals surface area contributed by atoms with Gasteiger partial charge in [-0.1, -0.05) is 81.0 Å². The van der Waals surface area contributed by atoms with Crippen LogP contribution in [0.5, 0.6) is 0 Å². The van der Waals surface area contributed by atoms with Crippen molar-refractivity contribution in [1.82, 2.24) is 0 Å². The lowest BCUT2D eigenvalue weighted by Crippen LogP contribution is -2.49. The second-order valence-corrected chi connectivity index (χ2v) is 21.1. The summed E-state index contributed by atoms with van der Waals surface area (Å²) in [7, 11) is -3.19. The third-order valence-corrected chi connectivity index (χ3v) is 13.8. The molecule has 0 unspecified atom stereocenters. The van der Waals surface area contributed by atoms with Gasteiger partial charge in [0, 0.05) is 18.3 Å². The summed E-state index contributed by atoms with van der Waals surface area (Å²) in [4.78, 5) is 0. The largest absolute Gasteiger partial charge is 0.392 e. The van der Waals surface area contributed by atoms with Crippen molar-refractivity contribution in [2.75, 3.05) is 0 Å². The van der Waals surface area contributed by atoms with Crippen molar-refractivity contribution >= 4 is 16.1 Å². The van der Waals surface area contributed by atoms with Gasteiger partial charge in [-0.3, -0.25) is 0 Å². The van der Waals surface area contributed by atoms with Crippen molar-refractivity contribution in [3.05, 3.63) is 0 Å². The lowest BCUT2D eigenvalue weighted by Gasteiger charge is -2.41. The summed E-state index contributed by atoms with van der Waals surface area (Å²) in [5, 5.41) is 10.8. The molecule has 160 valence electrons. The first-order valence-electron chi connectivity index (χ1n) is 11.1. The molecular weight excluding hydrogens is 376 g/mol. The van der Waals surface area contributed by atoms with E-state index in [2.05, 4.69) is 98.0 Å². The Bertz CT molecular complexity index is 603. The molecule has 0 aliphatic carbocycles. The average molecular weight is 421 g/mol. The lowest BCUT2D eigenvalue weighted by molar-refractivity contribution is -0.140. The Morgan fingerprint density at radius 3 is 1.79 bits per heavy atom. The zero-order valence-corrected chi connectivity index (χ0v) is 22.2. The van der Waals surface area contributed by atoms with Gasteiger partial charge in [0.05, 0.1) is 12.2 Å². The van der Waals surface area contributed by atoms with Crippen molar-refractivity contribution in [3.8, 4) is 22.9 Å². The van der Waals surface area contributed by atoms with E-state index in [0.717, 1.165) is 0 Å². The van der Waals surface area contributed by atoms with Crippen molar-refractivity contribution in [1.29, 1.82) is 0 Å². The van der Waals surface area contributed by atoms with Crippen LogP contribution in [0, 0.1) is 34.8 Å². The summed E-state index contributed by atoms with van der Waals surface area (Å²) < 4.78 is 6.43. The number of ether oxygens (including phenoxy) is 1. The van der Waals surface area contributed by atoms with E-state index in [0.29, 0.717) is 23.0 Å². The molecule has 0 aromatic rings. The maximum absolute atomic E-state index is 10.8. The molecular formula is C24H44O2Si2. The molecule has 1 fully saturated rings. The second-order valence-electron chi connectivity index (χ2n) is 10.7. The SMILES string of the molecule is CC(C)[Si](C#C[C@@H]1O[C@H](CC#C[Si](C)(C)C)[C@H](C)[C@@H](O)[C@H]1C)(C(C)C)C(C)C. The molecule has 0 radical (unpaired) electrons. The second kappa shape index (κ2) is 9.99. The first kappa shape index (κ1) is 25.5. The first-order valence-corrected chi connectivity index (χ1v) is 16.8. The minimum absolute atomic E-state index is 0.0295. The van der Waals surface area contributed by atoms with E-state index in [1.807, 2.05) is 0 Å². The molecule has 1 N–H and O–H groups in total. The van der Waals surface area contributed by atoms with Gasteiger partial charge in [0.2, 0.25) is 0 Å². The zero-order chi connectivity index (χ0) is 21.9. The monoisotopic (exact) mass is 420 g/mol. The van der Waals surface area contributed by atoms with Gasteiger partial charge in [-0.2, -0.15) is 0 Å². The van der Waals surface area contributed by atoms with Crippen molar-refractivity contribution in [2.24, 2.45) is 11.8 Å². The fourth-order valence-corrected chi connectivity index (χ4v) is 10.7. The van der Waals surface area contributed by atoms with Crippen LogP contribution in [-0.4, -0.2) is 39.6 Å². The molecule has 1 heterocycles. The maximum Gasteiger partial charge on any atom is 0.146 e. The van der Waals surface area contributed by atoms with E-state index >= 15 is 0 Å². The minimum atomic E-state index is -1.80. The van der Waals surface area contributed by atoms with E-state index in [1.165, 1.54) is 0 Å². The van der Waals surface area contributed by atoms with Crippen LogP contribution in [0.25, 0.3) is 0 Å². The number of aliphatic hydroxyl groups excluding tert-OH is 1. The van der Waals surface area contributed by atoms with Crippen LogP contribution in [0.4, 0.5) is 0 Å². The van der Waals surface area contributed by atoms with E-state index < -0.39 is 16.1 Å². The van der Waals surface area contributed by atoms with E-state index in [1.54, 1.807) is 0 Å². The van der Waals surface area contributed by atoms with Crippen LogP contribution >= 0.6 is 0 Å². The van der Waals surface area contributed by atoms with Gasteiger partial charge >= 0.3 is 0 Å². The molecule has 1 rings (SSSR count). The molecule has 4 heteroatoms. The highest BCUT2D eigenvalue weighted by Gasteiger charge is 2.43. The van der Waals surface area contributed by atoms with Crippen molar-refractivity contribution in [2.45, 2.75) is 116 Å². The molecule has 0 aromatic carbocycles. The quantitative estimate of drug-likeness (QED) is 0.454. The summed E-state index contributed by atoms with van der Waals surface area (Å²) >= 11 is 0. The van der Waals surface area contributed by atoms with Gasteiger partial charge in [-0.25, -0.2) is 0 Å². The van der Waals surface area contributed by atoms with Crippen LogP contribution in [0.3, 0.4) is 0 Å². The van der Waals surface area contributed by atoms with Gasteiger partial charge < -0.3 is 9.84 Å². The Morgan fingerprint density at radius 2 is 1.36 bits per heavy atom. The summed E-state index contributed by atoms with van der Waals surface area (Å²) in [5.41, 5.74) is 9.02. The highest BCUT2D eigenvalue weighted by Crippen LogP contribution is 2.41. The molecule has 2 nitrogen and oxygen atoms in total. The summed E-state index contributed by atoms with van der Waals surface area (Å²) in [5.74, 6) is 7.00. The Morgan fingerprint density at radius 1 is 0.857 bits per heavy atom. The third-order valence-electron chi connectivity index (χ3n) is 6.53. The first-order chi connectivity index (χ1) is 12.7. The molecule has 1 aliphatic heterocycles. The normalized spacial score (nSPS) is 28.8. The summed E-state index contributed by atoms with van der Waals surface area (Å²) in [6.07, 6.45) is 0.0599. The Balaban J connectivity index is 3.15. The van der Waals surface area contributed by atoms with Crippen LogP contribution < -0.4 is 0 Å². The predicted molar refractivity (Wildman–Crippen MR) is 128 cm³/mol. The van der Waals surface area contributed by atoms with Crippen molar-refractivity contribution < 1.29 is 9.84 Å². The van der Waals surface area contributed by atoms with Crippen LogP contribution in [0.2, 0.25) is 36.3 Å². The van der Waals surface area contributed by atoms with Crippen LogP contribution in [0.15, 0.2) is 0 Å². The molecule has 5 atom stereocenters. The Labute approximate surface area is 177 Å². The van der Waals surface area contributed by atoms with Crippen LogP contribution in [0.1, 0.15) is 61.8 Å². The van der Waals surface area contributed by atoms with Gasteiger partial charge in [-0.15, -0.1) is 17.0 Å². The molecule has 28 heavy (non-hydrogen) atoms. The molecule has 0 saturated carbocycles. The summed E-state index contributed by atoms with van der Waals surface area (Å²) in [6.45, 7) is 24.9. The van der Waals surface area contributed by atoms with Crippen LogP contribution in [-0.2, 0) is 4.74 Å². The number of rotatable bonds is 4. The minimum Gasteiger partial charge on any atom is -0.392 e. The number of aliphatic hydroxyl groups is 1. The van der Waals surface area contributed by atoms with Crippen molar-refractivity contribution in [3.63, 3.8) is 0 Å². The molecule has 1 saturated heterocycles. The summed E-state index contributed by atoms with van der Waals surface area (Å²) in [6, 6.07) is 0. The lowest BCUT2D eigenvalue weighted by atomic mass is 9.82. The fourth-order valence-electron chi connectivity index (χ4n) is 4.76. The van der Waals surface area contributed by atoms with Gasteiger partial charge in [-0.05, 0) is 16.6 Å². The predicted octanol–water partition coefficient (Wildman–Crippen LogP) is 5.88. The van der Waals surface area contributed by atoms with E-state index in [4.69, 9.17) is 4.74 Å². The highest BCUT2D eigenvalue weighted by atomic mass is 28.3. The van der Waals surface area contributed by atoms with Gasteiger partial charge in [0.25, 0.3) is 0 Å². The molecule has 0 bridgehead atoms. The highest BCUT2D eigenvalue weighted by molar-refractivity contribution is 6.90. The molecule has 1 aliphatic rings. The molecule has 0 aromatic heterocycles. The zero-order valence-electron chi connectivity index (χ0n) is 20.2. The maximum atomic E-state index is 10.8. The van der Waals surface area contributed by atoms with E-state index in [-0.39, 0.29) is 30.1 Å². The molecule has 0 spiro atoms. The number of hydrogen-bond donors (Lipinski definition) is 1. The van der Waals surface area contributed by atoms with Gasteiger partial charge in [0.15, 0.2) is 0 Å². The van der Waals surface area contributed by atoms with Gasteiger partial charge in [0.1, 0.15) is 22.3 Å². The van der Waals surface area contributed by atoms with E-state index in [9.17, 15) is 5.11 Å². The average Bonchev–Trinajstić information content (AvgIpc) is 2.54. The Hall–Kier alpha value is -0.526. The molecule has 0 amide bonds. The fraction of sp³-hybridized carbons (Fsp3) is 0.833. The standard InChI is InChI=1S/C24H44O2Si2/c1-17(2)28(18(3)4,19(5)6)16-14-23-21(8)24(25)20(7)22(26-23)13-12-15-27(9,10)11/h17-25H,13H2,1-11H3/t20-,21-,22+,23-,24+/m0/s1. The third kappa shape index (κ3) is 5.99. The number of hydrogen-bond acceptors (Lipinski definition) is 2. The smallest absolute Gasteiger partial charge is 0.146 e. The topological polar surface area (TPSA) is 29.5 Å².